The summed E-state index contributed by atoms with van der Waals surface area (Å²) in [6, 6.07) is 3.81. The molecule has 0 bridgehead atoms. The van der Waals surface area contributed by atoms with Gasteiger partial charge in [-0.25, -0.2) is 4.98 Å². The summed E-state index contributed by atoms with van der Waals surface area (Å²) in [4.78, 5) is 6.29. The first-order valence-electron chi connectivity index (χ1n) is 4.82. The lowest BCUT2D eigenvalue weighted by molar-refractivity contribution is 0.111. The predicted octanol–water partition coefficient (Wildman–Crippen LogP) is 1.24. The number of nitrogen functional groups attached to an aromatic ring is 1. The van der Waals surface area contributed by atoms with E-state index >= 15 is 0 Å². The topological polar surface area (TPSA) is 51.4 Å². The molecule has 1 atom stereocenters. The Bertz CT molecular complexity index is 299. The van der Waals surface area contributed by atoms with Crippen molar-refractivity contribution >= 4 is 11.5 Å². The van der Waals surface area contributed by atoms with Crippen LogP contribution >= 0.6 is 0 Å². The van der Waals surface area contributed by atoms with Crippen LogP contribution < -0.4 is 10.6 Å². The van der Waals surface area contributed by atoms with Gasteiger partial charge >= 0.3 is 0 Å². The standard InChI is InChI=1S/C10H15N3O/c1-14-10-3-2-6-13(10)8-4-5-9(11)12-7-8/h4-5,7,10H,2-3,6H2,1H3,(H2,11,12). The zero-order valence-corrected chi connectivity index (χ0v) is 8.31. The van der Waals surface area contributed by atoms with Crippen LogP contribution in [0.1, 0.15) is 12.8 Å². The van der Waals surface area contributed by atoms with Crippen molar-refractivity contribution in [3.8, 4) is 0 Å². The van der Waals surface area contributed by atoms with Crippen molar-refractivity contribution in [2.45, 2.75) is 19.1 Å². The van der Waals surface area contributed by atoms with Crippen LogP contribution in [0.5, 0.6) is 0 Å². The second kappa shape index (κ2) is 3.84. The van der Waals surface area contributed by atoms with Crippen LogP contribution in [0, 0.1) is 0 Å². The van der Waals surface area contributed by atoms with Crippen LogP contribution in [-0.2, 0) is 4.74 Å². The third kappa shape index (κ3) is 1.65. The molecule has 14 heavy (non-hydrogen) atoms. The molecule has 0 saturated carbocycles. The van der Waals surface area contributed by atoms with Crippen LogP contribution in [-0.4, -0.2) is 24.9 Å². The second-order valence-corrected chi connectivity index (χ2v) is 3.47. The van der Waals surface area contributed by atoms with Crippen molar-refractivity contribution in [2.24, 2.45) is 0 Å². The highest BCUT2D eigenvalue weighted by molar-refractivity contribution is 5.49. The summed E-state index contributed by atoms with van der Waals surface area (Å²) < 4.78 is 5.38. The van der Waals surface area contributed by atoms with Gasteiger partial charge in [-0.1, -0.05) is 0 Å². The van der Waals surface area contributed by atoms with Gasteiger partial charge in [0.15, 0.2) is 0 Å². The van der Waals surface area contributed by atoms with E-state index in [-0.39, 0.29) is 6.23 Å². The molecule has 1 saturated heterocycles. The summed E-state index contributed by atoms with van der Waals surface area (Å²) in [5, 5.41) is 0. The molecule has 0 radical (unpaired) electrons. The minimum atomic E-state index is 0.195. The van der Waals surface area contributed by atoms with Crippen molar-refractivity contribution in [1.82, 2.24) is 4.98 Å². The molecule has 4 nitrogen and oxygen atoms in total. The van der Waals surface area contributed by atoms with Gasteiger partial charge in [-0.05, 0) is 25.0 Å². The van der Waals surface area contributed by atoms with Crippen LogP contribution in [0.3, 0.4) is 0 Å². The summed E-state index contributed by atoms with van der Waals surface area (Å²) in [6.45, 7) is 1.03. The molecule has 0 spiro atoms. The zero-order chi connectivity index (χ0) is 9.97. The van der Waals surface area contributed by atoms with Gasteiger partial charge in [0.05, 0.1) is 11.9 Å². The molecule has 2 rings (SSSR count). The number of aromatic nitrogens is 1. The van der Waals surface area contributed by atoms with E-state index in [1.54, 1.807) is 13.3 Å². The van der Waals surface area contributed by atoms with Gasteiger partial charge in [0.25, 0.3) is 0 Å². The molecule has 0 aromatic carbocycles. The number of anilines is 2. The summed E-state index contributed by atoms with van der Waals surface area (Å²) in [5.74, 6) is 0.557. The van der Waals surface area contributed by atoms with Gasteiger partial charge in [0.1, 0.15) is 12.0 Å². The quantitative estimate of drug-likeness (QED) is 0.767. The molecule has 1 unspecified atom stereocenters. The normalized spacial score (nSPS) is 21.5. The number of ether oxygens (including phenoxy) is 1. The lowest BCUT2D eigenvalue weighted by Crippen LogP contribution is -2.30. The highest BCUT2D eigenvalue weighted by Crippen LogP contribution is 2.25. The van der Waals surface area contributed by atoms with E-state index in [2.05, 4.69) is 9.88 Å². The molecule has 1 aliphatic rings. The first-order valence-corrected chi connectivity index (χ1v) is 4.82. The molecule has 76 valence electrons. The minimum Gasteiger partial charge on any atom is -0.384 e. The zero-order valence-electron chi connectivity index (χ0n) is 8.31. The number of nitrogens with two attached hydrogens (primary N) is 1. The smallest absolute Gasteiger partial charge is 0.129 e. The number of nitrogens with zero attached hydrogens (tertiary/aromatic N) is 2. The van der Waals surface area contributed by atoms with Gasteiger partial charge in [-0.15, -0.1) is 0 Å². The third-order valence-corrected chi connectivity index (χ3v) is 2.57. The van der Waals surface area contributed by atoms with Crippen molar-refractivity contribution in [3.63, 3.8) is 0 Å². The molecule has 4 heteroatoms. The van der Waals surface area contributed by atoms with Crippen LogP contribution in [0.25, 0.3) is 0 Å². The second-order valence-electron chi connectivity index (χ2n) is 3.47. The molecule has 2 heterocycles. The minimum absolute atomic E-state index is 0.195. The van der Waals surface area contributed by atoms with Crippen LogP contribution in [0.15, 0.2) is 18.3 Å². The number of methoxy groups -OCH3 is 1. The SMILES string of the molecule is COC1CCCN1c1ccc(N)nc1. The number of rotatable bonds is 2. The Morgan fingerprint density at radius 2 is 2.43 bits per heavy atom. The highest BCUT2D eigenvalue weighted by atomic mass is 16.5. The van der Waals surface area contributed by atoms with Crippen molar-refractivity contribution in [2.75, 3.05) is 24.3 Å². The van der Waals surface area contributed by atoms with E-state index in [4.69, 9.17) is 10.5 Å². The van der Waals surface area contributed by atoms with Gasteiger partial charge in [-0.2, -0.15) is 0 Å². The van der Waals surface area contributed by atoms with E-state index in [1.807, 2.05) is 12.1 Å². The maximum absolute atomic E-state index is 5.53. The lowest BCUT2D eigenvalue weighted by atomic mass is 10.3. The third-order valence-electron chi connectivity index (χ3n) is 2.57. The average molecular weight is 193 g/mol. The van der Waals surface area contributed by atoms with Gasteiger partial charge < -0.3 is 15.4 Å². The Balaban J connectivity index is 2.17. The first-order chi connectivity index (χ1) is 6.81. The molecule has 1 aliphatic heterocycles. The predicted molar refractivity (Wildman–Crippen MR) is 56.0 cm³/mol. The van der Waals surface area contributed by atoms with E-state index in [0.29, 0.717) is 5.82 Å². The number of pyridine rings is 1. The highest BCUT2D eigenvalue weighted by Gasteiger charge is 2.24. The molecule has 2 N–H and O–H groups in total. The summed E-state index contributed by atoms with van der Waals surface area (Å²) in [5.41, 5.74) is 6.62. The summed E-state index contributed by atoms with van der Waals surface area (Å²) in [7, 11) is 1.74. The van der Waals surface area contributed by atoms with Gasteiger partial charge in [0, 0.05) is 13.7 Å². The Labute approximate surface area is 83.7 Å². The molecule has 1 aromatic heterocycles. The Morgan fingerprint density at radius 1 is 1.57 bits per heavy atom. The van der Waals surface area contributed by atoms with Crippen molar-refractivity contribution < 1.29 is 4.74 Å². The lowest BCUT2D eigenvalue weighted by Gasteiger charge is -2.24. The number of hydrogen-bond acceptors (Lipinski definition) is 4. The Kier molecular flexibility index (Phi) is 2.54. The molecular weight excluding hydrogens is 178 g/mol. The molecule has 0 amide bonds. The molecule has 1 fully saturated rings. The van der Waals surface area contributed by atoms with Crippen molar-refractivity contribution in [3.05, 3.63) is 18.3 Å². The fraction of sp³-hybridized carbons (Fsp3) is 0.500. The maximum Gasteiger partial charge on any atom is 0.129 e. The van der Waals surface area contributed by atoms with Crippen molar-refractivity contribution in [1.29, 1.82) is 0 Å². The van der Waals surface area contributed by atoms with Gasteiger partial charge in [0.2, 0.25) is 0 Å². The summed E-state index contributed by atoms with van der Waals surface area (Å²) >= 11 is 0. The first kappa shape index (κ1) is 9.27. The fourth-order valence-corrected chi connectivity index (χ4v) is 1.84. The monoisotopic (exact) mass is 193 g/mol. The number of hydrogen-bond donors (Lipinski definition) is 1. The van der Waals surface area contributed by atoms with E-state index in [0.717, 1.165) is 18.7 Å². The Morgan fingerprint density at radius 3 is 3.07 bits per heavy atom. The Hall–Kier alpha value is -1.29. The maximum atomic E-state index is 5.53. The van der Waals surface area contributed by atoms with E-state index in [9.17, 15) is 0 Å². The fourth-order valence-electron chi connectivity index (χ4n) is 1.84. The van der Waals surface area contributed by atoms with Crippen LogP contribution in [0.4, 0.5) is 11.5 Å². The summed E-state index contributed by atoms with van der Waals surface area (Å²) in [6.07, 6.45) is 4.25. The van der Waals surface area contributed by atoms with Gasteiger partial charge in [-0.3, -0.25) is 0 Å². The van der Waals surface area contributed by atoms with Crippen LogP contribution in [0.2, 0.25) is 0 Å². The average Bonchev–Trinajstić information content (AvgIpc) is 2.67. The molecule has 0 aliphatic carbocycles. The largest absolute Gasteiger partial charge is 0.384 e. The van der Waals surface area contributed by atoms with E-state index < -0.39 is 0 Å². The molecular formula is C10H15N3O. The molecule has 1 aromatic rings. The van der Waals surface area contributed by atoms with E-state index in [1.165, 1.54) is 6.42 Å².